The molecule has 2 amide bonds. The van der Waals surface area contributed by atoms with Crippen LogP contribution >= 0.6 is 0 Å². The van der Waals surface area contributed by atoms with Gasteiger partial charge in [-0.2, -0.15) is 0 Å². The third-order valence-electron chi connectivity index (χ3n) is 12.2. The second-order valence-electron chi connectivity index (χ2n) is 17.6. The van der Waals surface area contributed by atoms with Gasteiger partial charge in [-0.15, -0.1) is 0 Å². The summed E-state index contributed by atoms with van der Waals surface area (Å²) in [4.78, 5) is 40.7. The number of nitrogens with zero attached hydrogens (tertiary/aromatic N) is 1. The van der Waals surface area contributed by atoms with Crippen molar-refractivity contribution in [1.82, 2.24) is 10.2 Å². The zero-order valence-electron chi connectivity index (χ0n) is 36.8. The molecule has 3 rings (SSSR count). The lowest BCUT2D eigenvalue weighted by Gasteiger charge is -2.44. The normalized spacial score (nSPS) is 24.2. The van der Waals surface area contributed by atoms with Crippen molar-refractivity contribution in [3.05, 3.63) is 84.6 Å². The molecule has 8 heteroatoms. The van der Waals surface area contributed by atoms with E-state index in [9.17, 15) is 24.6 Å². The molecular formula is C50H78N2O6. The van der Waals surface area contributed by atoms with E-state index in [2.05, 4.69) is 105 Å². The Labute approximate surface area is 351 Å². The van der Waals surface area contributed by atoms with Crippen LogP contribution in [0.15, 0.2) is 84.6 Å². The number of fused-ring (bicyclic) bond motifs is 1. The largest absolute Gasteiger partial charge is 0.461 e. The monoisotopic (exact) mass is 803 g/mol. The number of esters is 1. The molecule has 0 aromatic carbocycles. The minimum absolute atomic E-state index is 0.0266. The van der Waals surface area contributed by atoms with E-state index in [0.29, 0.717) is 51.1 Å². The Morgan fingerprint density at radius 2 is 1.50 bits per heavy atom. The van der Waals surface area contributed by atoms with Gasteiger partial charge in [0.2, 0.25) is 11.8 Å². The lowest BCUT2D eigenvalue weighted by molar-refractivity contribution is -0.164. The van der Waals surface area contributed by atoms with Gasteiger partial charge in [0.15, 0.2) is 0 Å². The van der Waals surface area contributed by atoms with Crippen LogP contribution in [0.1, 0.15) is 144 Å². The fourth-order valence-electron chi connectivity index (χ4n) is 8.23. The summed E-state index contributed by atoms with van der Waals surface area (Å²) < 4.78 is 6.23. The maximum absolute atomic E-state index is 13.1. The van der Waals surface area contributed by atoms with Gasteiger partial charge in [-0.05, 0) is 127 Å². The number of nitrogens with one attached hydrogen (secondary N) is 1. The molecule has 324 valence electrons. The van der Waals surface area contributed by atoms with Crippen LogP contribution in [0, 0.1) is 29.1 Å². The molecule has 58 heavy (non-hydrogen) atoms. The van der Waals surface area contributed by atoms with E-state index in [0.717, 1.165) is 57.8 Å². The number of hydrogen-bond donors (Lipinski definition) is 3. The fraction of sp³-hybridized carbons (Fsp3) is 0.660. The molecule has 0 bridgehead atoms. The van der Waals surface area contributed by atoms with E-state index in [1.54, 1.807) is 0 Å². The van der Waals surface area contributed by atoms with Crippen LogP contribution < -0.4 is 5.32 Å². The van der Waals surface area contributed by atoms with E-state index in [1.807, 2.05) is 25.7 Å². The standard InChI is InChI=1S/C50H78N2O6/c1-7-9-10-11-12-13-14-15-16-17-18-19-20-21-22-23-24-25-47(56)52-32-30-41(31-33-52)51-46(55)37-43(54)36-42(53)28-29-44-39(4)26-27-40-34-38(3)35-45(48(40)44)58-49(57)50(5,6)8-2/h9-10,12-13,15-16,18-19,21-22,26-27,34,38-39,41-45,48,53-54H,7-8,11,14,17,20,23-25,28-33,35-37H2,1-6H3,(H,51,55)/b10-9-,13-12-,16-15-,19-18-,22-21-/t38-,39-,42-,43+,44-,45?,48?/m0/s1. The van der Waals surface area contributed by atoms with Gasteiger partial charge in [-0.25, -0.2) is 0 Å². The average Bonchev–Trinajstić information content (AvgIpc) is 3.18. The summed E-state index contributed by atoms with van der Waals surface area (Å²) >= 11 is 0. The van der Waals surface area contributed by atoms with Crippen molar-refractivity contribution in [3.8, 4) is 0 Å². The maximum atomic E-state index is 13.1. The molecule has 0 aromatic rings. The Morgan fingerprint density at radius 3 is 2.10 bits per heavy atom. The number of unbranched alkanes of at least 4 members (excludes halogenated alkanes) is 1. The number of aliphatic hydroxyl groups is 2. The number of piperidine rings is 1. The zero-order chi connectivity index (χ0) is 42.3. The molecule has 1 heterocycles. The molecule has 3 N–H and O–H groups in total. The Balaban J connectivity index is 1.29. The number of allylic oxidation sites excluding steroid dienone is 13. The van der Waals surface area contributed by atoms with Crippen LogP contribution in [0.2, 0.25) is 0 Å². The molecule has 1 saturated heterocycles. The van der Waals surface area contributed by atoms with Crippen molar-refractivity contribution < 1.29 is 29.3 Å². The van der Waals surface area contributed by atoms with Crippen LogP contribution in [-0.2, 0) is 19.1 Å². The number of amides is 2. The number of likely N-dealkylation sites (tertiary alicyclic amines) is 1. The molecule has 0 radical (unpaired) electrons. The first kappa shape index (κ1) is 48.9. The Bertz CT molecular complexity index is 1460. The number of ether oxygens (including phenoxy) is 1. The molecule has 7 atom stereocenters. The SMILES string of the molecule is CC/C=C\C/C=C\C/C=C\C/C=C\C/C=C\CCCC(=O)N1CCC(NC(=O)C[C@H](O)C[C@@H](O)CC[C@@H]2C3C(=C[C@H](C)CC3OC(=O)C(C)(C)CC)C=C[C@@H]2C)CC1. The molecule has 1 fully saturated rings. The third kappa shape index (κ3) is 17.8. The first-order valence-corrected chi connectivity index (χ1v) is 22.6. The van der Waals surface area contributed by atoms with Gasteiger partial charge in [-0.3, -0.25) is 14.4 Å². The fourth-order valence-corrected chi connectivity index (χ4v) is 8.23. The third-order valence-corrected chi connectivity index (χ3v) is 12.2. The van der Waals surface area contributed by atoms with Gasteiger partial charge in [0.1, 0.15) is 6.10 Å². The summed E-state index contributed by atoms with van der Waals surface area (Å²) in [6.45, 7) is 13.6. The predicted molar refractivity (Wildman–Crippen MR) is 238 cm³/mol. The smallest absolute Gasteiger partial charge is 0.311 e. The zero-order valence-corrected chi connectivity index (χ0v) is 36.8. The Hall–Kier alpha value is -3.49. The summed E-state index contributed by atoms with van der Waals surface area (Å²) in [6.07, 6.45) is 38.0. The van der Waals surface area contributed by atoms with Crippen LogP contribution in [0.5, 0.6) is 0 Å². The Kier molecular flexibility index (Phi) is 22.4. The highest BCUT2D eigenvalue weighted by molar-refractivity contribution is 5.77. The Morgan fingerprint density at radius 1 is 0.897 bits per heavy atom. The predicted octanol–water partition coefficient (Wildman–Crippen LogP) is 10.1. The highest BCUT2D eigenvalue weighted by atomic mass is 16.5. The summed E-state index contributed by atoms with van der Waals surface area (Å²) in [6, 6.07) is -0.0266. The lowest BCUT2D eigenvalue weighted by atomic mass is 9.65. The van der Waals surface area contributed by atoms with E-state index >= 15 is 0 Å². The van der Waals surface area contributed by atoms with Gasteiger partial charge in [0.25, 0.3) is 0 Å². The molecule has 2 aliphatic carbocycles. The van der Waals surface area contributed by atoms with E-state index < -0.39 is 17.6 Å². The summed E-state index contributed by atoms with van der Waals surface area (Å²) in [5.41, 5.74) is 0.677. The van der Waals surface area contributed by atoms with Gasteiger partial charge in [0.05, 0.1) is 24.0 Å². The van der Waals surface area contributed by atoms with Gasteiger partial charge in [-0.1, -0.05) is 107 Å². The molecule has 3 aliphatic rings. The second kappa shape index (κ2) is 26.6. The van der Waals surface area contributed by atoms with Crippen LogP contribution in [-0.4, -0.2) is 70.3 Å². The lowest BCUT2D eigenvalue weighted by Crippen LogP contribution is -2.47. The molecule has 0 spiro atoms. The van der Waals surface area contributed by atoms with Crippen LogP contribution in [0.4, 0.5) is 0 Å². The highest BCUT2D eigenvalue weighted by Gasteiger charge is 2.43. The average molecular weight is 803 g/mol. The molecule has 1 aliphatic heterocycles. The first-order chi connectivity index (χ1) is 27.8. The number of hydrogen-bond acceptors (Lipinski definition) is 6. The van der Waals surface area contributed by atoms with E-state index in [4.69, 9.17) is 4.74 Å². The first-order valence-electron chi connectivity index (χ1n) is 22.6. The van der Waals surface area contributed by atoms with Crippen LogP contribution in [0.3, 0.4) is 0 Å². The summed E-state index contributed by atoms with van der Waals surface area (Å²) in [5.74, 6) is 0.634. The van der Waals surface area contributed by atoms with Crippen molar-refractivity contribution in [3.63, 3.8) is 0 Å². The highest BCUT2D eigenvalue weighted by Crippen LogP contribution is 2.45. The van der Waals surface area contributed by atoms with Crippen molar-refractivity contribution in [1.29, 1.82) is 0 Å². The molecule has 2 unspecified atom stereocenters. The topological polar surface area (TPSA) is 116 Å². The molecule has 0 saturated carbocycles. The minimum Gasteiger partial charge on any atom is -0.461 e. The van der Waals surface area contributed by atoms with E-state index in [1.165, 1.54) is 5.57 Å². The summed E-state index contributed by atoms with van der Waals surface area (Å²) in [5, 5.41) is 24.8. The number of carbonyl (C=O) groups excluding carboxylic acids is 3. The van der Waals surface area contributed by atoms with Gasteiger partial charge < -0.3 is 25.2 Å². The second-order valence-corrected chi connectivity index (χ2v) is 17.6. The molecule has 0 aromatic heterocycles. The van der Waals surface area contributed by atoms with Crippen molar-refractivity contribution >= 4 is 17.8 Å². The minimum atomic E-state index is -0.945. The van der Waals surface area contributed by atoms with E-state index in [-0.39, 0.29) is 60.5 Å². The quantitative estimate of drug-likeness (QED) is 0.0509. The van der Waals surface area contributed by atoms with Crippen molar-refractivity contribution in [2.24, 2.45) is 29.1 Å². The summed E-state index contributed by atoms with van der Waals surface area (Å²) in [7, 11) is 0. The molecule has 8 nitrogen and oxygen atoms in total. The molecular weight excluding hydrogens is 725 g/mol. The van der Waals surface area contributed by atoms with Gasteiger partial charge in [0, 0.05) is 31.5 Å². The number of carbonyl (C=O) groups is 3. The van der Waals surface area contributed by atoms with Gasteiger partial charge >= 0.3 is 5.97 Å². The maximum Gasteiger partial charge on any atom is 0.311 e. The number of rotatable bonds is 24. The van der Waals surface area contributed by atoms with Crippen LogP contribution in [0.25, 0.3) is 0 Å². The van der Waals surface area contributed by atoms with Crippen molar-refractivity contribution in [2.45, 2.75) is 169 Å². The van der Waals surface area contributed by atoms with Crippen molar-refractivity contribution in [2.75, 3.05) is 13.1 Å². The number of aliphatic hydroxyl groups excluding tert-OH is 2.